The molecule has 0 aliphatic rings. The van der Waals surface area contributed by atoms with E-state index in [1.165, 1.54) is 7.11 Å². The monoisotopic (exact) mass is 391 g/mol. The SMILES string of the molecule is COc1nccc(-c2cc3cnc(NC(=O)c4cnn(C(C)C)c4)cc3n2C)n1. The number of rotatable bonds is 5. The summed E-state index contributed by atoms with van der Waals surface area (Å²) < 4.78 is 8.85. The molecule has 0 unspecified atom stereocenters. The van der Waals surface area contributed by atoms with E-state index >= 15 is 0 Å². The van der Waals surface area contributed by atoms with Crippen LogP contribution in [0, 0.1) is 0 Å². The van der Waals surface area contributed by atoms with Crippen molar-refractivity contribution in [2.75, 3.05) is 12.4 Å². The van der Waals surface area contributed by atoms with Crippen LogP contribution in [0.5, 0.6) is 6.01 Å². The van der Waals surface area contributed by atoms with Gasteiger partial charge >= 0.3 is 6.01 Å². The fourth-order valence-electron chi connectivity index (χ4n) is 3.05. The molecule has 0 saturated heterocycles. The van der Waals surface area contributed by atoms with E-state index in [1.807, 2.05) is 43.7 Å². The molecule has 0 bridgehead atoms. The van der Waals surface area contributed by atoms with Crippen molar-refractivity contribution < 1.29 is 9.53 Å². The molecule has 4 aromatic rings. The third-order valence-electron chi connectivity index (χ3n) is 4.64. The molecule has 4 heterocycles. The van der Waals surface area contributed by atoms with Crippen LogP contribution in [-0.2, 0) is 7.05 Å². The molecule has 0 aromatic carbocycles. The van der Waals surface area contributed by atoms with E-state index in [9.17, 15) is 4.79 Å². The van der Waals surface area contributed by atoms with E-state index < -0.39 is 0 Å². The maximum atomic E-state index is 12.5. The quantitative estimate of drug-likeness (QED) is 0.561. The summed E-state index contributed by atoms with van der Waals surface area (Å²) in [4.78, 5) is 25.3. The Morgan fingerprint density at radius 1 is 1.21 bits per heavy atom. The van der Waals surface area contributed by atoms with Gasteiger partial charge in [-0.2, -0.15) is 10.1 Å². The van der Waals surface area contributed by atoms with Gasteiger partial charge in [-0.1, -0.05) is 0 Å². The lowest BCUT2D eigenvalue weighted by molar-refractivity contribution is 0.102. The maximum absolute atomic E-state index is 12.5. The molecule has 148 valence electrons. The number of ether oxygens (including phenoxy) is 1. The summed E-state index contributed by atoms with van der Waals surface area (Å²) in [6.07, 6.45) is 6.66. The van der Waals surface area contributed by atoms with E-state index in [4.69, 9.17) is 4.74 Å². The summed E-state index contributed by atoms with van der Waals surface area (Å²) in [6.45, 7) is 4.01. The molecule has 1 amide bonds. The summed E-state index contributed by atoms with van der Waals surface area (Å²) in [5, 5.41) is 7.97. The average Bonchev–Trinajstić information content (AvgIpc) is 3.34. The molecule has 9 heteroatoms. The summed E-state index contributed by atoms with van der Waals surface area (Å²) in [7, 11) is 3.47. The van der Waals surface area contributed by atoms with Crippen LogP contribution in [0.1, 0.15) is 30.2 Å². The lowest BCUT2D eigenvalue weighted by Gasteiger charge is -2.06. The first-order valence-electron chi connectivity index (χ1n) is 9.14. The Kier molecular flexibility index (Phi) is 4.71. The average molecular weight is 391 g/mol. The molecule has 1 N–H and O–H groups in total. The topological polar surface area (TPSA) is 99.8 Å². The van der Waals surface area contributed by atoms with Crippen molar-refractivity contribution in [1.29, 1.82) is 0 Å². The van der Waals surface area contributed by atoms with Crippen molar-refractivity contribution in [3.8, 4) is 17.4 Å². The summed E-state index contributed by atoms with van der Waals surface area (Å²) in [6, 6.07) is 6.14. The number of aryl methyl sites for hydroxylation is 1. The van der Waals surface area contributed by atoms with E-state index in [1.54, 1.807) is 29.5 Å². The van der Waals surface area contributed by atoms with Gasteiger partial charge in [0.05, 0.1) is 35.8 Å². The Morgan fingerprint density at radius 3 is 2.76 bits per heavy atom. The number of anilines is 1. The number of aromatic nitrogens is 6. The predicted molar refractivity (Wildman–Crippen MR) is 109 cm³/mol. The van der Waals surface area contributed by atoms with Crippen LogP contribution in [0.2, 0.25) is 0 Å². The smallest absolute Gasteiger partial charge is 0.316 e. The van der Waals surface area contributed by atoms with Crippen LogP contribution in [0.15, 0.2) is 43.0 Å². The highest BCUT2D eigenvalue weighted by molar-refractivity contribution is 6.04. The van der Waals surface area contributed by atoms with Gasteiger partial charge in [0.15, 0.2) is 0 Å². The predicted octanol–water partition coefficient (Wildman–Crippen LogP) is 3.07. The molecule has 4 aromatic heterocycles. The minimum absolute atomic E-state index is 0.188. The number of methoxy groups -OCH3 is 1. The van der Waals surface area contributed by atoms with Crippen LogP contribution in [0.4, 0.5) is 5.82 Å². The van der Waals surface area contributed by atoms with Gasteiger partial charge < -0.3 is 14.6 Å². The van der Waals surface area contributed by atoms with Crippen molar-refractivity contribution in [2.24, 2.45) is 7.05 Å². The minimum atomic E-state index is -0.251. The lowest BCUT2D eigenvalue weighted by atomic mass is 10.2. The van der Waals surface area contributed by atoms with Gasteiger partial charge in [0.2, 0.25) is 0 Å². The van der Waals surface area contributed by atoms with Gasteiger partial charge in [0.25, 0.3) is 5.91 Å². The second kappa shape index (κ2) is 7.34. The highest BCUT2D eigenvalue weighted by atomic mass is 16.5. The molecule has 0 aliphatic carbocycles. The third-order valence-corrected chi connectivity index (χ3v) is 4.64. The van der Waals surface area contributed by atoms with Gasteiger partial charge in [-0.25, -0.2) is 9.97 Å². The second-order valence-corrected chi connectivity index (χ2v) is 6.90. The fourth-order valence-corrected chi connectivity index (χ4v) is 3.05. The zero-order valence-electron chi connectivity index (χ0n) is 16.6. The Balaban J connectivity index is 1.63. The number of nitrogens with zero attached hydrogens (tertiary/aromatic N) is 6. The molecule has 0 saturated carbocycles. The molecule has 0 spiro atoms. The van der Waals surface area contributed by atoms with E-state index in [-0.39, 0.29) is 11.9 Å². The van der Waals surface area contributed by atoms with E-state index in [0.717, 1.165) is 22.3 Å². The largest absolute Gasteiger partial charge is 0.467 e. The number of carbonyl (C=O) groups is 1. The van der Waals surface area contributed by atoms with Gasteiger partial charge in [0, 0.05) is 43.1 Å². The van der Waals surface area contributed by atoms with Gasteiger partial charge in [-0.15, -0.1) is 0 Å². The lowest BCUT2D eigenvalue weighted by Crippen LogP contribution is -2.12. The first kappa shape index (κ1) is 18.6. The van der Waals surface area contributed by atoms with Gasteiger partial charge in [-0.05, 0) is 26.0 Å². The number of hydrogen-bond donors (Lipinski definition) is 1. The Labute approximate surface area is 167 Å². The van der Waals surface area contributed by atoms with Crippen LogP contribution >= 0.6 is 0 Å². The van der Waals surface area contributed by atoms with Gasteiger partial charge in [-0.3, -0.25) is 9.48 Å². The minimum Gasteiger partial charge on any atom is -0.467 e. The zero-order chi connectivity index (χ0) is 20.5. The summed E-state index contributed by atoms with van der Waals surface area (Å²) >= 11 is 0. The molecular weight excluding hydrogens is 370 g/mol. The summed E-state index contributed by atoms with van der Waals surface area (Å²) in [5.41, 5.74) is 3.04. The number of hydrogen-bond acceptors (Lipinski definition) is 6. The zero-order valence-corrected chi connectivity index (χ0v) is 16.6. The molecule has 9 nitrogen and oxygen atoms in total. The second-order valence-electron chi connectivity index (χ2n) is 6.90. The molecular formula is C20H21N7O2. The fraction of sp³-hybridized carbons (Fsp3) is 0.250. The third kappa shape index (κ3) is 3.54. The highest BCUT2D eigenvalue weighted by Crippen LogP contribution is 2.27. The van der Waals surface area contributed by atoms with Crippen molar-refractivity contribution in [3.05, 3.63) is 48.5 Å². The molecule has 0 aliphatic heterocycles. The van der Waals surface area contributed by atoms with E-state index in [0.29, 0.717) is 17.4 Å². The van der Waals surface area contributed by atoms with Crippen LogP contribution in [-0.4, -0.2) is 42.3 Å². The van der Waals surface area contributed by atoms with Crippen LogP contribution < -0.4 is 10.1 Å². The van der Waals surface area contributed by atoms with Crippen molar-refractivity contribution in [1.82, 2.24) is 29.3 Å². The van der Waals surface area contributed by atoms with Crippen molar-refractivity contribution in [3.63, 3.8) is 0 Å². The van der Waals surface area contributed by atoms with E-state index in [2.05, 4.69) is 25.4 Å². The number of amides is 1. The Morgan fingerprint density at radius 2 is 2.03 bits per heavy atom. The molecule has 0 fully saturated rings. The van der Waals surface area contributed by atoms with Crippen LogP contribution in [0.25, 0.3) is 22.3 Å². The maximum Gasteiger partial charge on any atom is 0.316 e. The molecule has 29 heavy (non-hydrogen) atoms. The number of carbonyl (C=O) groups excluding carboxylic acids is 1. The van der Waals surface area contributed by atoms with Crippen molar-refractivity contribution in [2.45, 2.75) is 19.9 Å². The first-order valence-corrected chi connectivity index (χ1v) is 9.14. The summed E-state index contributed by atoms with van der Waals surface area (Å²) in [5.74, 6) is 0.214. The van der Waals surface area contributed by atoms with Gasteiger partial charge in [0.1, 0.15) is 5.82 Å². The first-order chi connectivity index (χ1) is 14.0. The number of pyridine rings is 1. The Bertz CT molecular complexity index is 1190. The molecule has 4 rings (SSSR count). The standard InChI is InChI=1S/C20H21N7O2/c1-12(2)27-11-14(10-23-27)19(28)25-18-8-16-13(9-22-18)7-17(26(16)3)15-5-6-21-20(24-15)29-4/h5-12H,1-4H3,(H,22,25,28). The van der Waals surface area contributed by atoms with Crippen LogP contribution in [0.3, 0.4) is 0 Å². The number of fused-ring (bicyclic) bond motifs is 1. The Hall–Kier alpha value is -3.75. The number of nitrogens with one attached hydrogen (secondary N) is 1. The molecule has 0 radical (unpaired) electrons. The highest BCUT2D eigenvalue weighted by Gasteiger charge is 2.14. The van der Waals surface area contributed by atoms with Crippen molar-refractivity contribution >= 4 is 22.6 Å². The molecule has 0 atom stereocenters. The normalized spacial score (nSPS) is 11.2.